The number of ether oxygens (including phenoxy) is 1. The highest BCUT2D eigenvalue weighted by Crippen LogP contribution is 2.46. The van der Waals surface area contributed by atoms with Crippen LogP contribution in [0.15, 0.2) is 37.9 Å². The Morgan fingerprint density at radius 3 is 2.27 bits per heavy atom. The molecule has 0 bridgehead atoms. The number of nitrogens with one attached hydrogen (secondary N) is 1. The first-order valence-corrected chi connectivity index (χ1v) is 12.5. The van der Waals surface area contributed by atoms with E-state index in [-0.39, 0.29) is 23.1 Å². The van der Waals surface area contributed by atoms with Crippen molar-refractivity contribution in [2.24, 2.45) is 0 Å². The lowest BCUT2D eigenvalue weighted by Crippen LogP contribution is -2.41. The van der Waals surface area contributed by atoms with Crippen LogP contribution in [-0.4, -0.2) is 40.6 Å². The van der Waals surface area contributed by atoms with Gasteiger partial charge in [-0.15, -0.1) is 50.5 Å². The van der Waals surface area contributed by atoms with E-state index in [9.17, 15) is 9.59 Å². The normalized spacial score (nSPS) is 14.8. The van der Waals surface area contributed by atoms with Crippen molar-refractivity contribution in [1.82, 2.24) is 9.88 Å². The number of anilines is 1. The molecule has 0 aliphatic carbocycles. The van der Waals surface area contributed by atoms with Gasteiger partial charge in [0, 0.05) is 44.4 Å². The molecule has 1 aromatic heterocycles. The number of carbonyl (C=O) groups excluding carboxylic acids is 2. The van der Waals surface area contributed by atoms with Gasteiger partial charge in [0.2, 0.25) is 0 Å². The summed E-state index contributed by atoms with van der Waals surface area (Å²) in [7, 11) is 0. The molecule has 2 aromatic rings. The third-order valence-electron chi connectivity index (χ3n) is 5.22. The van der Waals surface area contributed by atoms with Crippen molar-refractivity contribution < 1.29 is 14.3 Å². The number of hydrogen-bond donors (Lipinski definition) is 5. The molecular formula is C22H26ClN3O3S4. The van der Waals surface area contributed by atoms with Gasteiger partial charge >= 0.3 is 6.09 Å². The van der Waals surface area contributed by atoms with E-state index >= 15 is 0 Å². The second-order valence-corrected chi connectivity index (χ2v) is 10.9. The van der Waals surface area contributed by atoms with E-state index in [4.69, 9.17) is 29.0 Å². The summed E-state index contributed by atoms with van der Waals surface area (Å²) in [6.45, 7) is 6.57. The second kappa shape index (κ2) is 10.6. The largest absolute Gasteiger partial charge is 0.444 e. The van der Waals surface area contributed by atoms with E-state index in [1.165, 1.54) is 12.3 Å². The van der Waals surface area contributed by atoms with E-state index in [1.807, 2.05) is 20.8 Å². The highest BCUT2D eigenvalue weighted by atomic mass is 35.5. The standard InChI is InChI=1S/C22H26ClN3O3S4/c1-22(2,3)29-21(28)26-8-5-11(6-9-26)14-15(17(31)19(33)18(32)16(14)30)25-20(27)12-4-7-24-13(23)10-12/h4,7,10-11,30-33H,5-6,8-9H2,1-3H3,(H,25,27). The zero-order valence-electron chi connectivity index (χ0n) is 18.4. The molecule has 33 heavy (non-hydrogen) atoms. The van der Waals surface area contributed by atoms with Gasteiger partial charge in [-0.2, -0.15) is 0 Å². The Morgan fingerprint density at radius 2 is 1.70 bits per heavy atom. The van der Waals surface area contributed by atoms with Crippen LogP contribution in [0.4, 0.5) is 10.5 Å². The van der Waals surface area contributed by atoms with Crippen molar-refractivity contribution in [2.45, 2.75) is 64.7 Å². The summed E-state index contributed by atoms with van der Waals surface area (Å²) in [5.74, 6) is -0.326. The molecule has 1 N–H and O–H groups in total. The molecule has 0 radical (unpaired) electrons. The van der Waals surface area contributed by atoms with Gasteiger partial charge in [0.05, 0.1) is 5.69 Å². The first-order valence-electron chi connectivity index (χ1n) is 10.3. The maximum absolute atomic E-state index is 13.0. The zero-order valence-corrected chi connectivity index (χ0v) is 22.8. The summed E-state index contributed by atoms with van der Waals surface area (Å²) in [6, 6.07) is 3.07. The Hall–Kier alpha value is -1.20. The summed E-state index contributed by atoms with van der Waals surface area (Å²) in [5, 5.41) is 3.18. The molecule has 2 amide bonds. The molecule has 2 heterocycles. The van der Waals surface area contributed by atoms with E-state index in [1.54, 1.807) is 11.0 Å². The number of carbonyl (C=O) groups is 2. The number of benzene rings is 1. The fourth-order valence-corrected chi connectivity index (χ4v) is 5.15. The van der Waals surface area contributed by atoms with Gasteiger partial charge in [-0.05, 0) is 57.2 Å². The molecule has 0 atom stereocenters. The molecule has 0 spiro atoms. The molecule has 0 unspecified atom stereocenters. The third-order valence-corrected chi connectivity index (χ3v) is 7.76. The fraction of sp³-hybridized carbons (Fsp3) is 0.409. The topological polar surface area (TPSA) is 71.5 Å². The molecule has 1 aliphatic rings. The highest BCUT2D eigenvalue weighted by molar-refractivity contribution is 7.86. The maximum Gasteiger partial charge on any atom is 0.410 e. The predicted octanol–water partition coefficient (Wildman–Crippen LogP) is 6.26. The molecular weight excluding hydrogens is 518 g/mol. The quantitative estimate of drug-likeness (QED) is 0.234. The minimum absolute atomic E-state index is 0.0262. The average molecular weight is 544 g/mol. The Bertz CT molecular complexity index is 1080. The lowest BCUT2D eigenvalue weighted by molar-refractivity contribution is 0.0204. The molecule has 1 saturated heterocycles. The number of nitrogens with zero attached hydrogens (tertiary/aromatic N) is 2. The van der Waals surface area contributed by atoms with Gasteiger partial charge in [0.25, 0.3) is 5.91 Å². The number of halogens is 1. The summed E-state index contributed by atoms with van der Waals surface area (Å²) in [6.07, 6.45) is 2.48. The van der Waals surface area contributed by atoms with Crippen LogP contribution in [0.2, 0.25) is 5.15 Å². The number of thiol groups is 4. The number of piperidine rings is 1. The summed E-state index contributed by atoms with van der Waals surface area (Å²) < 4.78 is 5.50. The lowest BCUT2D eigenvalue weighted by atomic mass is 9.88. The number of aromatic nitrogens is 1. The molecule has 6 nitrogen and oxygen atoms in total. The van der Waals surface area contributed by atoms with Gasteiger partial charge in [0.15, 0.2) is 0 Å². The first kappa shape index (κ1) is 26.4. The number of hydrogen-bond acceptors (Lipinski definition) is 8. The van der Waals surface area contributed by atoms with Crippen molar-refractivity contribution in [3.8, 4) is 0 Å². The van der Waals surface area contributed by atoms with Crippen molar-refractivity contribution in [1.29, 1.82) is 0 Å². The summed E-state index contributed by atoms with van der Waals surface area (Å²) in [4.78, 5) is 33.3. The Balaban J connectivity index is 1.89. The summed E-state index contributed by atoms with van der Waals surface area (Å²) in [5.41, 5.74) is 1.16. The minimum Gasteiger partial charge on any atom is -0.444 e. The Morgan fingerprint density at radius 1 is 1.09 bits per heavy atom. The van der Waals surface area contributed by atoms with Crippen LogP contribution in [0.1, 0.15) is 55.5 Å². The van der Waals surface area contributed by atoms with Gasteiger partial charge in [-0.1, -0.05) is 11.6 Å². The SMILES string of the molecule is CC(C)(C)OC(=O)N1CCC(c2c(S)c(S)c(S)c(S)c2NC(=O)c2ccnc(Cl)c2)CC1. The van der Waals surface area contributed by atoms with Crippen LogP contribution in [0.3, 0.4) is 0 Å². The molecule has 178 valence electrons. The van der Waals surface area contributed by atoms with Crippen molar-refractivity contribution in [3.63, 3.8) is 0 Å². The molecule has 1 fully saturated rings. The number of pyridine rings is 1. The zero-order chi connectivity index (χ0) is 24.5. The molecule has 1 aromatic carbocycles. The second-order valence-electron chi connectivity index (χ2n) is 8.75. The van der Waals surface area contributed by atoms with Crippen LogP contribution in [0.25, 0.3) is 0 Å². The smallest absolute Gasteiger partial charge is 0.410 e. The lowest BCUT2D eigenvalue weighted by Gasteiger charge is -2.35. The van der Waals surface area contributed by atoms with Crippen LogP contribution < -0.4 is 5.32 Å². The van der Waals surface area contributed by atoms with Crippen molar-refractivity contribution in [3.05, 3.63) is 34.6 Å². The Kier molecular flexibility index (Phi) is 8.48. The number of amides is 2. The molecule has 3 rings (SSSR count). The van der Waals surface area contributed by atoms with Crippen LogP contribution in [0, 0.1) is 0 Å². The van der Waals surface area contributed by atoms with E-state index < -0.39 is 5.60 Å². The first-order chi connectivity index (χ1) is 15.4. The fourth-order valence-electron chi connectivity index (χ4n) is 3.65. The van der Waals surface area contributed by atoms with Gasteiger partial charge in [-0.25, -0.2) is 9.78 Å². The molecule has 11 heteroatoms. The number of likely N-dealkylation sites (tertiary alicyclic amines) is 1. The third kappa shape index (κ3) is 6.28. The Labute approximate surface area is 220 Å². The molecule has 0 saturated carbocycles. The maximum atomic E-state index is 13.0. The summed E-state index contributed by atoms with van der Waals surface area (Å²) >= 11 is 24.4. The van der Waals surface area contributed by atoms with E-state index in [2.05, 4.69) is 48.2 Å². The van der Waals surface area contributed by atoms with Gasteiger partial charge < -0.3 is 15.0 Å². The molecule has 1 aliphatic heterocycles. The van der Waals surface area contributed by atoms with Gasteiger partial charge in [0.1, 0.15) is 10.8 Å². The van der Waals surface area contributed by atoms with Crippen LogP contribution in [0.5, 0.6) is 0 Å². The van der Waals surface area contributed by atoms with Gasteiger partial charge in [-0.3, -0.25) is 4.79 Å². The predicted molar refractivity (Wildman–Crippen MR) is 142 cm³/mol. The van der Waals surface area contributed by atoms with E-state index in [0.717, 1.165) is 5.56 Å². The average Bonchev–Trinajstić information content (AvgIpc) is 2.75. The van der Waals surface area contributed by atoms with Crippen LogP contribution >= 0.6 is 62.1 Å². The highest BCUT2D eigenvalue weighted by Gasteiger charge is 2.31. The minimum atomic E-state index is -0.552. The number of rotatable bonds is 3. The van der Waals surface area contributed by atoms with Crippen molar-refractivity contribution >= 4 is 79.8 Å². The van der Waals surface area contributed by atoms with Crippen LogP contribution in [-0.2, 0) is 4.74 Å². The monoisotopic (exact) mass is 543 g/mol. The van der Waals surface area contributed by atoms with E-state index in [0.29, 0.717) is 56.8 Å². The van der Waals surface area contributed by atoms with Crippen molar-refractivity contribution in [2.75, 3.05) is 18.4 Å².